The lowest BCUT2D eigenvalue weighted by atomic mass is 10.0. The quantitative estimate of drug-likeness (QED) is 0.739. The fraction of sp³-hybridized carbons (Fsp3) is 0.526. The van der Waals surface area contributed by atoms with Gasteiger partial charge in [0.15, 0.2) is 6.61 Å². The zero-order chi connectivity index (χ0) is 19.1. The first-order chi connectivity index (χ1) is 12.4. The van der Waals surface area contributed by atoms with Crippen molar-refractivity contribution in [2.45, 2.75) is 39.7 Å². The molecular weight excluding hydrogens is 334 g/mol. The van der Waals surface area contributed by atoms with Crippen molar-refractivity contribution in [2.75, 3.05) is 25.0 Å². The molecule has 0 spiro atoms. The number of anilines is 1. The molecule has 0 radical (unpaired) electrons. The Bertz CT molecular complexity index is 643. The van der Waals surface area contributed by atoms with Gasteiger partial charge in [-0.2, -0.15) is 0 Å². The van der Waals surface area contributed by atoms with E-state index in [4.69, 9.17) is 4.74 Å². The Labute approximate surface area is 154 Å². The first kappa shape index (κ1) is 19.8. The number of carbonyl (C=O) groups is 3. The number of likely N-dealkylation sites (tertiary alicyclic amines) is 1. The van der Waals surface area contributed by atoms with Crippen LogP contribution in [0.15, 0.2) is 24.3 Å². The van der Waals surface area contributed by atoms with Crippen molar-refractivity contribution < 1.29 is 19.1 Å². The molecule has 1 aliphatic heterocycles. The summed E-state index contributed by atoms with van der Waals surface area (Å²) in [4.78, 5) is 37.7. The molecule has 3 amide bonds. The van der Waals surface area contributed by atoms with Gasteiger partial charge in [-0.15, -0.1) is 0 Å². The third-order valence-electron chi connectivity index (χ3n) is 4.21. The van der Waals surface area contributed by atoms with Gasteiger partial charge >= 0.3 is 0 Å². The molecule has 1 fully saturated rings. The zero-order valence-corrected chi connectivity index (χ0v) is 15.6. The molecule has 1 heterocycles. The van der Waals surface area contributed by atoms with Crippen LogP contribution in [0.1, 0.15) is 33.6 Å². The summed E-state index contributed by atoms with van der Waals surface area (Å²) in [5, 5.41) is 5.52. The average Bonchev–Trinajstić information content (AvgIpc) is 3.00. The Hall–Kier alpha value is -2.57. The van der Waals surface area contributed by atoms with Gasteiger partial charge in [0.1, 0.15) is 11.8 Å². The number of ether oxygens (including phenoxy) is 1. The molecule has 0 saturated carbocycles. The minimum Gasteiger partial charge on any atom is -0.484 e. The van der Waals surface area contributed by atoms with Gasteiger partial charge in [0.2, 0.25) is 11.8 Å². The van der Waals surface area contributed by atoms with Crippen molar-refractivity contribution in [1.82, 2.24) is 10.2 Å². The van der Waals surface area contributed by atoms with E-state index in [1.165, 1.54) is 0 Å². The molecule has 1 aliphatic rings. The van der Waals surface area contributed by atoms with Crippen molar-refractivity contribution in [3.63, 3.8) is 0 Å². The van der Waals surface area contributed by atoms with Gasteiger partial charge in [0, 0.05) is 25.2 Å². The summed E-state index contributed by atoms with van der Waals surface area (Å²) >= 11 is 0. The molecule has 2 N–H and O–H groups in total. The van der Waals surface area contributed by atoms with E-state index in [0.29, 0.717) is 30.9 Å². The summed E-state index contributed by atoms with van der Waals surface area (Å²) in [6.45, 7) is 6.86. The molecule has 2 rings (SSSR count). The summed E-state index contributed by atoms with van der Waals surface area (Å²) in [5.74, 6) is 0.236. The second kappa shape index (κ2) is 9.22. The number of hydrogen-bond acceptors (Lipinski definition) is 4. The van der Waals surface area contributed by atoms with Gasteiger partial charge in [0.25, 0.3) is 5.91 Å². The molecular formula is C19H27N3O4. The number of nitrogens with zero attached hydrogens (tertiary/aromatic N) is 1. The number of amides is 3. The number of likely N-dealkylation sites (N-methyl/N-ethyl adjacent to an activating group) is 1. The van der Waals surface area contributed by atoms with E-state index in [2.05, 4.69) is 10.6 Å². The van der Waals surface area contributed by atoms with Gasteiger partial charge in [0.05, 0.1) is 0 Å². The van der Waals surface area contributed by atoms with Crippen LogP contribution in [0, 0.1) is 5.92 Å². The Kier molecular flexibility index (Phi) is 7.00. The number of rotatable bonds is 8. The first-order valence-electron chi connectivity index (χ1n) is 9.02. The van der Waals surface area contributed by atoms with Crippen molar-refractivity contribution >= 4 is 23.4 Å². The maximum absolute atomic E-state index is 12.7. The van der Waals surface area contributed by atoms with Crippen LogP contribution in [0.4, 0.5) is 5.69 Å². The molecule has 1 unspecified atom stereocenters. The molecule has 0 aliphatic carbocycles. The van der Waals surface area contributed by atoms with Gasteiger partial charge in [-0.3, -0.25) is 14.4 Å². The monoisotopic (exact) mass is 361 g/mol. The van der Waals surface area contributed by atoms with Crippen LogP contribution >= 0.6 is 0 Å². The predicted molar refractivity (Wildman–Crippen MR) is 98.8 cm³/mol. The molecule has 1 saturated heterocycles. The Morgan fingerprint density at radius 1 is 1.23 bits per heavy atom. The normalized spacial score (nSPS) is 15.1. The zero-order valence-electron chi connectivity index (χ0n) is 15.6. The number of hydrogen-bond donors (Lipinski definition) is 2. The highest BCUT2D eigenvalue weighted by Gasteiger charge is 2.34. The second-order valence-corrected chi connectivity index (χ2v) is 6.64. The van der Waals surface area contributed by atoms with E-state index in [0.717, 1.165) is 6.42 Å². The van der Waals surface area contributed by atoms with Gasteiger partial charge in [-0.25, -0.2) is 0 Å². The molecule has 1 aromatic rings. The highest BCUT2D eigenvalue weighted by molar-refractivity contribution is 5.97. The highest BCUT2D eigenvalue weighted by Crippen LogP contribution is 2.22. The molecule has 0 aromatic heterocycles. The summed E-state index contributed by atoms with van der Waals surface area (Å²) in [5.41, 5.74) is 0.623. The predicted octanol–water partition coefficient (Wildman–Crippen LogP) is 1.79. The molecule has 142 valence electrons. The minimum atomic E-state index is -0.473. The van der Waals surface area contributed by atoms with Crippen LogP contribution < -0.4 is 15.4 Å². The first-order valence-corrected chi connectivity index (χ1v) is 9.02. The Morgan fingerprint density at radius 3 is 2.46 bits per heavy atom. The number of nitrogens with one attached hydrogen (secondary N) is 2. The van der Waals surface area contributed by atoms with E-state index in [1.807, 2.05) is 20.8 Å². The molecule has 1 aromatic carbocycles. The highest BCUT2D eigenvalue weighted by atomic mass is 16.5. The second-order valence-electron chi connectivity index (χ2n) is 6.64. The Balaban J connectivity index is 1.95. The van der Waals surface area contributed by atoms with Crippen LogP contribution in [0.25, 0.3) is 0 Å². The van der Waals surface area contributed by atoms with Gasteiger partial charge < -0.3 is 20.3 Å². The fourth-order valence-corrected chi connectivity index (χ4v) is 3.02. The third-order valence-corrected chi connectivity index (χ3v) is 4.21. The van der Waals surface area contributed by atoms with Crippen LogP contribution in [0.2, 0.25) is 0 Å². The lowest BCUT2D eigenvalue weighted by Gasteiger charge is -2.29. The smallest absolute Gasteiger partial charge is 0.257 e. The van der Waals surface area contributed by atoms with Crippen molar-refractivity contribution in [2.24, 2.45) is 5.92 Å². The molecule has 7 heteroatoms. The largest absolute Gasteiger partial charge is 0.484 e. The van der Waals surface area contributed by atoms with E-state index in [1.54, 1.807) is 29.2 Å². The standard InChI is InChI=1S/C19H27N3O4/c1-4-20-16(23)12-26-15-9-7-14(8-10-15)21-19(25)18(13(2)3)22-11-5-6-17(22)24/h7-10,13,18H,4-6,11-12H2,1-3H3,(H,20,23)(H,21,25). The number of carbonyl (C=O) groups excluding carboxylic acids is 3. The summed E-state index contributed by atoms with van der Waals surface area (Å²) < 4.78 is 5.38. The van der Waals surface area contributed by atoms with Gasteiger partial charge in [-0.05, 0) is 43.5 Å². The summed E-state index contributed by atoms with van der Waals surface area (Å²) in [6, 6.07) is 6.35. The summed E-state index contributed by atoms with van der Waals surface area (Å²) in [7, 11) is 0. The lowest BCUT2D eigenvalue weighted by Crippen LogP contribution is -2.47. The lowest BCUT2D eigenvalue weighted by molar-refractivity contribution is -0.136. The third kappa shape index (κ3) is 5.21. The van der Waals surface area contributed by atoms with E-state index < -0.39 is 6.04 Å². The van der Waals surface area contributed by atoms with Gasteiger partial charge in [-0.1, -0.05) is 13.8 Å². The van der Waals surface area contributed by atoms with Crippen molar-refractivity contribution in [1.29, 1.82) is 0 Å². The van der Waals surface area contributed by atoms with Crippen LogP contribution in [-0.2, 0) is 14.4 Å². The van der Waals surface area contributed by atoms with Crippen molar-refractivity contribution in [3.05, 3.63) is 24.3 Å². The maximum Gasteiger partial charge on any atom is 0.257 e. The van der Waals surface area contributed by atoms with Crippen molar-refractivity contribution in [3.8, 4) is 5.75 Å². The molecule has 0 bridgehead atoms. The van der Waals surface area contributed by atoms with Crippen LogP contribution in [-0.4, -0.2) is 48.4 Å². The van der Waals surface area contributed by atoms with E-state index >= 15 is 0 Å². The molecule has 26 heavy (non-hydrogen) atoms. The van der Waals surface area contributed by atoms with Crippen LogP contribution in [0.3, 0.4) is 0 Å². The number of benzene rings is 1. The Morgan fingerprint density at radius 2 is 1.92 bits per heavy atom. The molecule has 1 atom stereocenters. The van der Waals surface area contributed by atoms with E-state index in [9.17, 15) is 14.4 Å². The fourth-order valence-electron chi connectivity index (χ4n) is 3.02. The van der Waals surface area contributed by atoms with Crippen LogP contribution in [0.5, 0.6) is 5.75 Å². The van der Waals surface area contributed by atoms with E-state index in [-0.39, 0.29) is 30.2 Å². The SMILES string of the molecule is CCNC(=O)COc1ccc(NC(=O)C(C(C)C)N2CCCC2=O)cc1. The molecule has 7 nitrogen and oxygen atoms in total. The average molecular weight is 361 g/mol. The summed E-state index contributed by atoms with van der Waals surface area (Å²) in [6.07, 6.45) is 1.31. The minimum absolute atomic E-state index is 0.0248. The topological polar surface area (TPSA) is 87.7 Å². The maximum atomic E-state index is 12.7.